The largest absolute Gasteiger partial charge is 0.493 e. The van der Waals surface area contributed by atoms with E-state index in [-0.39, 0.29) is 6.73 Å². The molecule has 0 bridgehead atoms. The molecule has 0 amide bonds. The maximum atomic E-state index is 8.07. The fraction of sp³-hybridized carbons (Fsp3) is 0.333. The zero-order valence-corrected chi connectivity index (χ0v) is 8.10. The number of ether oxygens (including phenoxy) is 2. The first-order valence-corrected chi connectivity index (χ1v) is 4.06. The highest BCUT2D eigenvalue weighted by Gasteiger charge is 2.02. The van der Waals surface area contributed by atoms with Crippen molar-refractivity contribution in [3.05, 3.63) is 34.2 Å². The third-order valence-corrected chi connectivity index (χ3v) is 1.66. The molecule has 0 aliphatic heterocycles. The van der Waals surface area contributed by atoms with Crippen LogP contribution in [0.15, 0.2) is 23.3 Å². The molecule has 0 saturated heterocycles. The van der Waals surface area contributed by atoms with Gasteiger partial charge >= 0.3 is 0 Å². The van der Waals surface area contributed by atoms with Crippen molar-refractivity contribution in [1.82, 2.24) is 0 Å². The van der Waals surface area contributed by atoms with E-state index in [4.69, 9.17) is 15.0 Å². The van der Waals surface area contributed by atoms with Gasteiger partial charge in [-0.15, -0.1) is 0 Å². The number of aryl methyl sites for hydroxylation is 1. The highest BCUT2D eigenvalue weighted by atomic mass is 16.5. The van der Waals surface area contributed by atoms with Crippen molar-refractivity contribution in [2.24, 2.45) is 5.11 Å². The Hall–Kier alpha value is -1.87. The summed E-state index contributed by atoms with van der Waals surface area (Å²) in [4.78, 5) is 2.59. The van der Waals surface area contributed by atoms with Crippen LogP contribution in [0, 0.1) is 6.92 Å². The minimum Gasteiger partial charge on any atom is -0.493 e. The van der Waals surface area contributed by atoms with Crippen LogP contribution in [-0.2, 0) is 0 Å². The number of hydrogen-bond donors (Lipinski definition) is 0. The molecule has 5 nitrogen and oxygen atoms in total. The zero-order chi connectivity index (χ0) is 10.4. The third-order valence-electron chi connectivity index (χ3n) is 1.66. The Balaban J connectivity index is 2.81. The third kappa shape index (κ3) is 2.57. The number of methoxy groups -OCH3 is 1. The number of rotatable bonds is 4. The molecule has 0 aliphatic carbocycles. The first-order valence-electron chi connectivity index (χ1n) is 4.06. The van der Waals surface area contributed by atoms with Gasteiger partial charge in [-0.1, -0.05) is 11.2 Å². The molecule has 0 heterocycles. The summed E-state index contributed by atoms with van der Waals surface area (Å²) in [6.07, 6.45) is 0. The fourth-order valence-corrected chi connectivity index (χ4v) is 1.02. The number of benzene rings is 1. The molecule has 1 aromatic rings. The van der Waals surface area contributed by atoms with Crippen LogP contribution in [0.5, 0.6) is 11.5 Å². The van der Waals surface area contributed by atoms with Gasteiger partial charge in [0, 0.05) is 4.91 Å². The van der Waals surface area contributed by atoms with Crippen LogP contribution in [0.25, 0.3) is 10.4 Å². The maximum Gasteiger partial charge on any atom is 0.167 e. The molecule has 5 heteroatoms. The van der Waals surface area contributed by atoms with Crippen molar-refractivity contribution >= 4 is 0 Å². The first-order chi connectivity index (χ1) is 6.77. The van der Waals surface area contributed by atoms with Crippen molar-refractivity contribution < 1.29 is 9.47 Å². The first kappa shape index (κ1) is 10.2. The van der Waals surface area contributed by atoms with E-state index in [2.05, 4.69) is 10.0 Å². The average molecular weight is 193 g/mol. The van der Waals surface area contributed by atoms with Crippen molar-refractivity contribution in [3.63, 3.8) is 0 Å². The predicted molar refractivity (Wildman–Crippen MR) is 52.4 cm³/mol. The molecule has 0 unspecified atom stereocenters. The van der Waals surface area contributed by atoms with Crippen molar-refractivity contribution in [3.8, 4) is 11.5 Å². The smallest absolute Gasteiger partial charge is 0.167 e. The second-order valence-corrected chi connectivity index (χ2v) is 2.66. The molecule has 1 rings (SSSR count). The summed E-state index contributed by atoms with van der Waals surface area (Å²) in [7, 11) is 1.56. The van der Waals surface area contributed by atoms with E-state index in [9.17, 15) is 0 Å². The van der Waals surface area contributed by atoms with Crippen LogP contribution in [0.4, 0.5) is 0 Å². The Morgan fingerprint density at radius 2 is 2.21 bits per heavy atom. The van der Waals surface area contributed by atoms with Crippen molar-refractivity contribution in [2.45, 2.75) is 6.92 Å². The minimum absolute atomic E-state index is 0.0314. The van der Waals surface area contributed by atoms with Gasteiger partial charge in [-0.2, -0.15) is 0 Å². The van der Waals surface area contributed by atoms with Gasteiger partial charge in [-0.25, -0.2) is 0 Å². The lowest BCUT2D eigenvalue weighted by molar-refractivity contribution is 0.303. The van der Waals surface area contributed by atoms with Gasteiger partial charge in [-0.05, 0) is 30.2 Å². The van der Waals surface area contributed by atoms with E-state index in [1.165, 1.54) is 0 Å². The summed E-state index contributed by atoms with van der Waals surface area (Å²) in [5.74, 6) is 1.21. The Labute approximate surface area is 81.9 Å². The quantitative estimate of drug-likeness (QED) is 0.419. The monoisotopic (exact) mass is 193 g/mol. The minimum atomic E-state index is -0.0314. The fourth-order valence-electron chi connectivity index (χ4n) is 1.02. The molecule has 0 fully saturated rings. The van der Waals surface area contributed by atoms with E-state index in [0.29, 0.717) is 11.5 Å². The predicted octanol–water partition coefficient (Wildman–Crippen LogP) is 2.65. The highest BCUT2D eigenvalue weighted by Crippen LogP contribution is 2.27. The van der Waals surface area contributed by atoms with E-state index in [0.717, 1.165) is 5.56 Å². The molecule has 0 aliphatic rings. The Kier molecular flexibility index (Phi) is 3.64. The topological polar surface area (TPSA) is 67.2 Å². The molecular weight excluding hydrogens is 182 g/mol. The summed E-state index contributed by atoms with van der Waals surface area (Å²) in [5, 5.41) is 3.27. The van der Waals surface area contributed by atoms with Gasteiger partial charge in [-0.3, -0.25) is 0 Å². The molecule has 0 radical (unpaired) electrons. The number of hydrogen-bond acceptors (Lipinski definition) is 3. The zero-order valence-electron chi connectivity index (χ0n) is 8.10. The van der Waals surface area contributed by atoms with E-state index >= 15 is 0 Å². The molecule has 1 aromatic carbocycles. The molecule has 0 saturated carbocycles. The average Bonchev–Trinajstić information content (AvgIpc) is 2.19. The molecule has 0 spiro atoms. The van der Waals surface area contributed by atoms with Gasteiger partial charge in [0.05, 0.1) is 7.11 Å². The summed E-state index contributed by atoms with van der Waals surface area (Å²) < 4.78 is 10.3. The van der Waals surface area contributed by atoms with Gasteiger partial charge in [0.1, 0.15) is 0 Å². The second-order valence-electron chi connectivity index (χ2n) is 2.66. The summed E-state index contributed by atoms with van der Waals surface area (Å²) in [6, 6.07) is 5.55. The van der Waals surface area contributed by atoms with E-state index in [1.807, 2.05) is 19.1 Å². The van der Waals surface area contributed by atoms with E-state index in [1.54, 1.807) is 13.2 Å². The van der Waals surface area contributed by atoms with Crippen LogP contribution in [-0.4, -0.2) is 13.8 Å². The molecule has 0 N–H and O–H groups in total. The standard InChI is InChI=1S/C9H11N3O2/c1-7-3-4-8(13-2)9(5-7)14-6-11-12-10/h3-5H,6H2,1-2H3. The number of nitrogens with zero attached hydrogens (tertiary/aromatic N) is 3. The van der Waals surface area contributed by atoms with Gasteiger partial charge in [0.15, 0.2) is 18.2 Å². The van der Waals surface area contributed by atoms with Crippen molar-refractivity contribution in [2.75, 3.05) is 13.8 Å². The summed E-state index contributed by atoms with van der Waals surface area (Å²) >= 11 is 0. The molecule has 0 aromatic heterocycles. The van der Waals surface area contributed by atoms with E-state index < -0.39 is 0 Å². The highest BCUT2D eigenvalue weighted by molar-refractivity contribution is 5.42. The summed E-state index contributed by atoms with van der Waals surface area (Å²) in [6.45, 7) is 1.91. The lowest BCUT2D eigenvalue weighted by Crippen LogP contribution is -1.96. The van der Waals surface area contributed by atoms with Crippen LogP contribution in [0.2, 0.25) is 0 Å². The lowest BCUT2D eigenvalue weighted by Gasteiger charge is -2.08. The molecule has 74 valence electrons. The number of azide groups is 1. The molecule has 0 atom stereocenters. The lowest BCUT2D eigenvalue weighted by atomic mass is 10.2. The Morgan fingerprint density at radius 3 is 2.86 bits per heavy atom. The summed E-state index contributed by atoms with van der Waals surface area (Å²) in [5.41, 5.74) is 9.13. The molecule has 14 heavy (non-hydrogen) atoms. The van der Waals surface area contributed by atoms with Gasteiger partial charge < -0.3 is 9.47 Å². The van der Waals surface area contributed by atoms with Crippen LogP contribution < -0.4 is 9.47 Å². The normalized spacial score (nSPS) is 9.00. The van der Waals surface area contributed by atoms with Crippen LogP contribution >= 0.6 is 0 Å². The Bertz CT molecular complexity index is 359. The van der Waals surface area contributed by atoms with Gasteiger partial charge in [0.2, 0.25) is 0 Å². The second kappa shape index (κ2) is 4.99. The molecular formula is C9H11N3O2. The van der Waals surface area contributed by atoms with Gasteiger partial charge in [0.25, 0.3) is 0 Å². The van der Waals surface area contributed by atoms with Crippen molar-refractivity contribution in [1.29, 1.82) is 0 Å². The SMILES string of the molecule is COc1ccc(C)cc1OCN=[N+]=[N-]. The van der Waals surface area contributed by atoms with Crippen LogP contribution in [0.1, 0.15) is 5.56 Å². The maximum absolute atomic E-state index is 8.07. The Morgan fingerprint density at radius 1 is 1.43 bits per heavy atom. The van der Waals surface area contributed by atoms with Crippen LogP contribution in [0.3, 0.4) is 0 Å².